The third kappa shape index (κ3) is 5.88. The zero-order valence-electron chi connectivity index (χ0n) is 22.3. The first kappa shape index (κ1) is 29.2. The van der Waals surface area contributed by atoms with Crippen LogP contribution in [0.1, 0.15) is 25.8 Å². The van der Waals surface area contributed by atoms with Crippen LogP contribution in [0.3, 0.4) is 0 Å². The molecule has 6 nitrogen and oxygen atoms in total. The molecule has 0 atom stereocenters. The number of thiazole rings is 1. The largest absolute Gasteiger partial charge is 1.00 e. The topological polar surface area (TPSA) is 44.0 Å². The SMILES string of the molecule is CCN1\C(=C/C(C)=C/C=C/c2sc3cc(OC)c(OC)cc3[n+]2CC)Sc2cc(OC)c(OC)cc21.[I-]. The van der Waals surface area contributed by atoms with Crippen LogP contribution in [0.15, 0.2) is 58.0 Å². The summed E-state index contributed by atoms with van der Waals surface area (Å²) in [6.45, 7) is 8.19. The molecule has 1 aromatic heterocycles. The summed E-state index contributed by atoms with van der Waals surface area (Å²) in [4.78, 5) is 3.48. The number of anilines is 1. The summed E-state index contributed by atoms with van der Waals surface area (Å²) in [5.74, 6) is 2.99. The lowest BCUT2D eigenvalue weighted by molar-refractivity contribution is -0.665. The van der Waals surface area contributed by atoms with Crippen molar-refractivity contribution in [1.29, 1.82) is 0 Å². The molecule has 0 unspecified atom stereocenters. The molecule has 37 heavy (non-hydrogen) atoms. The van der Waals surface area contributed by atoms with Crippen molar-refractivity contribution < 1.29 is 47.5 Å². The van der Waals surface area contributed by atoms with E-state index < -0.39 is 0 Å². The van der Waals surface area contributed by atoms with E-state index in [0.717, 1.165) is 47.3 Å². The van der Waals surface area contributed by atoms with Crippen molar-refractivity contribution in [2.24, 2.45) is 0 Å². The van der Waals surface area contributed by atoms with Gasteiger partial charge in [-0.25, -0.2) is 0 Å². The Morgan fingerprint density at radius 1 is 0.919 bits per heavy atom. The third-order valence-electron chi connectivity index (χ3n) is 6.05. The summed E-state index contributed by atoms with van der Waals surface area (Å²) in [7, 11) is 6.68. The number of methoxy groups -OCH3 is 4. The molecule has 1 aliphatic heterocycles. The van der Waals surface area contributed by atoms with Crippen LogP contribution in [0.25, 0.3) is 16.3 Å². The van der Waals surface area contributed by atoms with Gasteiger partial charge in [0.25, 0.3) is 5.01 Å². The second kappa shape index (κ2) is 12.9. The first-order valence-corrected chi connectivity index (χ1v) is 13.5. The van der Waals surface area contributed by atoms with E-state index in [1.54, 1.807) is 51.5 Å². The molecule has 2 aromatic carbocycles. The van der Waals surface area contributed by atoms with Crippen LogP contribution in [0, 0.1) is 0 Å². The van der Waals surface area contributed by atoms with Crippen molar-refractivity contribution in [3.8, 4) is 23.0 Å². The van der Waals surface area contributed by atoms with Crippen LogP contribution < -0.4 is 52.4 Å². The molecule has 3 aromatic rings. The second-order valence-corrected chi connectivity index (χ2v) is 10.3. The average molecular weight is 653 g/mol. The van der Waals surface area contributed by atoms with E-state index in [0.29, 0.717) is 0 Å². The van der Waals surface area contributed by atoms with Gasteiger partial charge in [0.2, 0.25) is 5.52 Å². The van der Waals surface area contributed by atoms with E-state index in [9.17, 15) is 0 Å². The molecule has 0 N–H and O–H groups in total. The van der Waals surface area contributed by atoms with Crippen LogP contribution in [0.5, 0.6) is 23.0 Å². The van der Waals surface area contributed by atoms with Crippen LogP contribution >= 0.6 is 23.1 Å². The maximum atomic E-state index is 5.52. The Morgan fingerprint density at radius 3 is 2.16 bits per heavy atom. The summed E-state index contributed by atoms with van der Waals surface area (Å²) in [5.41, 5.74) is 3.47. The zero-order chi connectivity index (χ0) is 25.8. The van der Waals surface area contributed by atoms with E-state index >= 15 is 0 Å². The predicted molar refractivity (Wildman–Crippen MR) is 150 cm³/mol. The fraction of sp³-hybridized carbons (Fsp3) is 0.321. The standard InChI is InChI=1S/C28H33N2O4S2.HI/c1-8-29-19-14-21(31-4)23(33-6)16-25(19)35-27(29)12-10-11-18(3)13-28-30(9-2)20-15-22(32-5)24(34-7)17-26(20)36-28;/h10-17H,8-9H2,1-7H3;1H/q+1;/p-1. The van der Waals surface area contributed by atoms with Crippen LogP contribution in [0.4, 0.5) is 5.69 Å². The summed E-state index contributed by atoms with van der Waals surface area (Å²) >= 11 is 3.50. The van der Waals surface area contributed by atoms with Gasteiger partial charge in [0.05, 0.1) is 45.2 Å². The molecule has 2 heterocycles. The number of fused-ring (bicyclic) bond motifs is 2. The summed E-state index contributed by atoms with van der Waals surface area (Å²) < 4.78 is 25.5. The quantitative estimate of drug-likeness (QED) is 0.200. The minimum Gasteiger partial charge on any atom is -1.00 e. The van der Waals surface area contributed by atoms with Crippen LogP contribution in [-0.4, -0.2) is 35.0 Å². The van der Waals surface area contributed by atoms with E-state index in [1.807, 2.05) is 6.07 Å². The van der Waals surface area contributed by atoms with Crippen molar-refractivity contribution in [3.63, 3.8) is 0 Å². The lowest BCUT2D eigenvalue weighted by atomic mass is 10.2. The number of aromatic nitrogens is 1. The highest BCUT2D eigenvalue weighted by Gasteiger charge is 2.26. The number of hydrogen-bond acceptors (Lipinski definition) is 7. The van der Waals surface area contributed by atoms with Crippen LogP contribution in [0.2, 0.25) is 0 Å². The fourth-order valence-electron chi connectivity index (χ4n) is 4.27. The Balaban J connectivity index is 0.00000380. The third-order valence-corrected chi connectivity index (χ3v) is 8.26. The van der Waals surface area contributed by atoms with Gasteiger partial charge >= 0.3 is 0 Å². The van der Waals surface area contributed by atoms with E-state index in [-0.39, 0.29) is 24.0 Å². The average Bonchev–Trinajstić information content (AvgIpc) is 3.41. The van der Waals surface area contributed by atoms with Crippen molar-refractivity contribution in [2.75, 3.05) is 39.9 Å². The molecule has 0 radical (unpaired) electrons. The number of thioether (sulfide) groups is 1. The zero-order valence-corrected chi connectivity index (χ0v) is 26.0. The Morgan fingerprint density at radius 2 is 1.54 bits per heavy atom. The first-order valence-electron chi connectivity index (χ1n) is 11.8. The summed E-state index contributed by atoms with van der Waals surface area (Å²) in [5, 5.41) is 2.37. The van der Waals surface area contributed by atoms with Gasteiger partial charge in [-0.1, -0.05) is 35.3 Å². The number of allylic oxidation sites excluding steroid dienone is 4. The van der Waals surface area contributed by atoms with Gasteiger partial charge in [-0.15, -0.1) is 0 Å². The molecular formula is C28H33IN2O4S2. The van der Waals surface area contributed by atoms with E-state index in [4.69, 9.17) is 18.9 Å². The van der Waals surface area contributed by atoms with Gasteiger partial charge in [0, 0.05) is 35.7 Å². The Bertz CT molecular complexity index is 1360. The number of aryl methyl sites for hydroxylation is 1. The normalized spacial score (nSPS) is 14.3. The number of benzene rings is 2. The van der Waals surface area contributed by atoms with Crippen molar-refractivity contribution in [2.45, 2.75) is 32.2 Å². The molecule has 1 aliphatic rings. The minimum absolute atomic E-state index is 0. The summed E-state index contributed by atoms with van der Waals surface area (Å²) in [6.07, 6.45) is 8.66. The lowest BCUT2D eigenvalue weighted by Gasteiger charge is -2.19. The van der Waals surface area contributed by atoms with Gasteiger partial charge in [-0.3, -0.25) is 0 Å². The molecule has 4 rings (SSSR count). The molecule has 0 saturated heterocycles. The molecule has 0 spiro atoms. The maximum absolute atomic E-state index is 5.52. The Hall–Kier alpha value is -2.37. The Labute approximate surface area is 244 Å². The molecule has 0 amide bonds. The first-order chi connectivity index (χ1) is 17.5. The van der Waals surface area contributed by atoms with Gasteiger partial charge < -0.3 is 47.8 Å². The number of nitrogens with zero attached hydrogens (tertiary/aromatic N) is 2. The molecule has 9 heteroatoms. The Kier molecular flexibility index (Phi) is 10.2. The minimum atomic E-state index is 0. The highest BCUT2D eigenvalue weighted by Crippen LogP contribution is 2.50. The molecule has 0 aliphatic carbocycles. The van der Waals surface area contributed by atoms with Crippen molar-refractivity contribution >= 4 is 45.1 Å². The molecular weight excluding hydrogens is 619 g/mol. The highest BCUT2D eigenvalue weighted by atomic mass is 127. The molecule has 0 fully saturated rings. The molecule has 0 bridgehead atoms. The van der Waals surface area contributed by atoms with Crippen molar-refractivity contribution in [1.82, 2.24) is 0 Å². The highest BCUT2D eigenvalue weighted by molar-refractivity contribution is 8.03. The lowest BCUT2D eigenvalue weighted by Crippen LogP contribution is -3.00. The van der Waals surface area contributed by atoms with E-state index in [2.05, 4.69) is 72.7 Å². The van der Waals surface area contributed by atoms with Gasteiger partial charge in [0.15, 0.2) is 23.0 Å². The number of ether oxygens (including phenoxy) is 4. The monoisotopic (exact) mass is 652 g/mol. The van der Waals surface area contributed by atoms with Gasteiger partial charge in [-0.2, -0.15) is 4.57 Å². The molecule has 198 valence electrons. The number of rotatable bonds is 9. The van der Waals surface area contributed by atoms with Crippen molar-refractivity contribution in [3.05, 3.63) is 58.1 Å². The van der Waals surface area contributed by atoms with Crippen LogP contribution in [-0.2, 0) is 6.54 Å². The van der Waals surface area contributed by atoms with Gasteiger partial charge in [0.1, 0.15) is 11.2 Å². The summed E-state index contributed by atoms with van der Waals surface area (Å²) in [6, 6.07) is 8.21. The number of halogens is 1. The number of hydrogen-bond donors (Lipinski definition) is 0. The van der Waals surface area contributed by atoms with Gasteiger partial charge in [-0.05, 0) is 32.4 Å². The van der Waals surface area contributed by atoms with E-state index in [1.165, 1.54) is 25.2 Å². The second-order valence-electron chi connectivity index (χ2n) is 8.13. The fourth-order valence-corrected chi connectivity index (χ4v) is 6.66. The smallest absolute Gasteiger partial charge is 0.262 e. The predicted octanol–water partition coefficient (Wildman–Crippen LogP) is 3.68. The molecule has 0 saturated carbocycles. The maximum Gasteiger partial charge on any atom is 0.262 e.